The van der Waals surface area contributed by atoms with E-state index in [0.29, 0.717) is 18.8 Å². The Kier molecular flexibility index (Phi) is 2.67. The van der Waals surface area contributed by atoms with Gasteiger partial charge in [-0.3, -0.25) is 0 Å². The minimum Gasteiger partial charge on any atom is -0.346 e. The molecule has 0 spiro atoms. The average molecular weight is 207 g/mol. The van der Waals surface area contributed by atoms with Crippen molar-refractivity contribution in [2.75, 3.05) is 13.2 Å². The molecule has 0 saturated carbocycles. The highest BCUT2D eigenvalue weighted by atomic mass is 19.1. The molecule has 0 aliphatic carbocycles. The van der Waals surface area contributed by atoms with E-state index in [-0.39, 0.29) is 5.56 Å². The molecule has 2 rings (SSSR count). The molecule has 4 heteroatoms. The van der Waals surface area contributed by atoms with Crippen molar-refractivity contribution < 1.29 is 13.9 Å². The Bertz CT molecular complexity index is 419. The maximum atomic E-state index is 13.2. The van der Waals surface area contributed by atoms with E-state index in [1.807, 2.05) is 6.07 Å². The van der Waals surface area contributed by atoms with Crippen LogP contribution >= 0.6 is 0 Å². The van der Waals surface area contributed by atoms with Crippen molar-refractivity contribution >= 4 is 0 Å². The molecule has 1 heterocycles. The Morgan fingerprint density at radius 1 is 1.40 bits per heavy atom. The number of ether oxygens (including phenoxy) is 2. The number of halogens is 1. The first-order valence-electron chi connectivity index (χ1n) is 4.66. The Morgan fingerprint density at radius 2 is 2.07 bits per heavy atom. The SMILES string of the molecule is Cc1c(C2OCCO2)ccc(F)c1C#N. The van der Waals surface area contributed by atoms with E-state index in [0.717, 1.165) is 5.56 Å². The topological polar surface area (TPSA) is 42.2 Å². The summed E-state index contributed by atoms with van der Waals surface area (Å²) < 4.78 is 23.8. The fourth-order valence-electron chi connectivity index (χ4n) is 1.63. The van der Waals surface area contributed by atoms with Gasteiger partial charge in [0, 0.05) is 5.56 Å². The van der Waals surface area contributed by atoms with E-state index in [1.54, 1.807) is 13.0 Å². The number of benzene rings is 1. The van der Waals surface area contributed by atoms with Crippen LogP contribution in [0.4, 0.5) is 4.39 Å². The lowest BCUT2D eigenvalue weighted by atomic mass is 10.0. The van der Waals surface area contributed by atoms with Crippen molar-refractivity contribution in [3.63, 3.8) is 0 Å². The van der Waals surface area contributed by atoms with Crippen molar-refractivity contribution in [3.05, 3.63) is 34.6 Å². The first-order valence-corrected chi connectivity index (χ1v) is 4.66. The summed E-state index contributed by atoms with van der Waals surface area (Å²) in [5.74, 6) is -0.503. The molecule has 0 bridgehead atoms. The largest absolute Gasteiger partial charge is 0.346 e. The normalized spacial score (nSPS) is 16.6. The van der Waals surface area contributed by atoms with Gasteiger partial charge in [-0.25, -0.2) is 4.39 Å². The van der Waals surface area contributed by atoms with Crippen LogP contribution in [0.2, 0.25) is 0 Å². The summed E-state index contributed by atoms with van der Waals surface area (Å²) in [5.41, 5.74) is 1.38. The lowest BCUT2D eigenvalue weighted by Crippen LogP contribution is -2.03. The van der Waals surface area contributed by atoms with Crippen LogP contribution in [0.1, 0.15) is 23.0 Å². The van der Waals surface area contributed by atoms with Gasteiger partial charge in [0.25, 0.3) is 0 Å². The fourth-order valence-corrected chi connectivity index (χ4v) is 1.63. The van der Waals surface area contributed by atoms with Gasteiger partial charge in [0.15, 0.2) is 6.29 Å². The van der Waals surface area contributed by atoms with E-state index >= 15 is 0 Å². The molecule has 3 nitrogen and oxygen atoms in total. The van der Waals surface area contributed by atoms with Gasteiger partial charge in [-0.15, -0.1) is 0 Å². The van der Waals surface area contributed by atoms with Gasteiger partial charge < -0.3 is 9.47 Å². The van der Waals surface area contributed by atoms with Crippen LogP contribution in [-0.4, -0.2) is 13.2 Å². The molecular formula is C11H10FNO2. The van der Waals surface area contributed by atoms with Crippen LogP contribution in [0.25, 0.3) is 0 Å². The molecule has 0 amide bonds. The molecule has 0 radical (unpaired) electrons. The molecule has 0 unspecified atom stereocenters. The Labute approximate surface area is 87.0 Å². The van der Waals surface area contributed by atoms with Crippen LogP contribution < -0.4 is 0 Å². The Hall–Kier alpha value is -1.44. The monoisotopic (exact) mass is 207 g/mol. The number of nitriles is 1. The zero-order valence-electron chi connectivity index (χ0n) is 8.29. The summed E-state index contributed by atoms with van der Waals surface area (Å²) in [7, 11) is 0. The molecule has 0 aromatic heterocycles. The first-order chi connectivity index (χ1) is 7.24. The van der Waals surface area contributed by atoms with E-state index in [1.165, 1.54) is 6.07 Å². The zero-order valence-corrected chi connectivity index (χ0v) is 8.29. The second-order valence-corrected chi connectivity index (χ2v) is 3.32. The molecule has 0 atom stereocenters. The summed E-state index contributed by atoms with van der Waals surface area (Å²) in [6, 6.07) is 4.71. The third-order valence-corrected chi connectivity index (χ3v) is 2.44. The van der Waals surface area contributed by atoms with Gasteiger partial charge in [0.1, 0.15) is 11.9 Å². The predicted octanol–water partition coefficient (Wildman–Crippen LogP) is 2.05. The van der Waals surface area contributed by atoms with Crippen molar-refractivity contribution in [1.82, 2.24) is 0 Å². The molecule has 1 fully saturated rings. The molecule has 15 heavy (non-hydrogen) atoms. The smallest absolute Gasteiger partial charge is 0.184 e. The van der Waals surface area contributed by atoms with E-state index < -0.39 is 12.1 Å². The lowest BCUT2D eigenvalue weighted by molar-refractivity contribution is -0.0445. The van der Waals surface area contributed by atoms with Crippen molar-refractivity contribution in [2.45, 2.75) is 13.2 Å². The van der Waals surface area contributed by atoms with Crippen molar-refractivity contribution in [1.29, 1.82) is 5.26 Å². The molecule has 1 aliphatic rings. The Morgan fingerprint density at radius 3 is 2.67 bits per heavy atom. The molecule has 78 valence electrons. The number of hydrogen-bond donors (Lipinski definition) is 0. The van der Waals surface area contributed by atoms with Gasteiger partial charge >= 0.3 is 0 Å². The molecular weight excluding hydrogens is 197 g/mol. The maximum absolute atomic E-state index is 13.2. The minimum atomic E-state index is -0.503. The Balaban J connectivity index is 2.45. The quantitative estimate of drug-likeness (QED) is 0.707. The molecule has 1 aliphatic heterocycles. The van der Waals surface area contributed by atoms with Crippen LogP contribution in [0.15, 0.2) is 12.1 Å². The minimum absolute atomic E-state index is 0.0617. The highest BCUT2D eigenvalue weighted by Crippen LogP contribution is 2.28. The van der Waals surface area contributed by atoms with Crippen LogP contribution in [-0.2, 0) is 9.47 Å². The highest BCUT2D eigenvalue weighted by Gasteiger charge is 2.22. The summed E-state index contributed by atoms with van der Waals surface area (Å²) >= 11 is 0. The molecule has 1 saturated heterocycles. The van der Waals surface area contributed by atoms with Crippen LogP contribution in [0.5, 0.6) is 0 Å². The van der Waals surface area contributed by atoms with Gasteiger partial charge in [0.2, 0.25) is 0 Å². The number of hydrogen-bond acceptors (Lipinski definition) is 3. The van der Waals surface area contributed by atoms with E-state index in [4.69, 9.17) is 14.7 Å². The summed E-state index contributed by atoms with van der Waals surface area (Å²) in [6.45, 7) is 2.76. The molecule has 1 aromatic carbocycles. The van der Waals surface area contributed by atoms with Gasteiger partial charge in [-0.1, -0.05) is 6.07 Å². The molecule has 0 N–H and O–H groups in total. The summed E-state index contributed by atoms with van der Waals surface area (Å²) in [6.07, 6.45) is -0.460. The molecule has 1 aromatic rings. The van der Waals surface area contributed by atoms with Gasteiger partial charge in [0.05, 0.1) is 18.8 Å². The van der Waals surface area contributed by atoms with Crippen LogP contribution in [0.3, 0.4) is 0 Å². The van der Waals surface area contributed by atoms with Crippen LogP contribution in [0, 0.1) is 24.1 Å². The van der Waals surface area contributed by atoms with Crippen molar-refractivity contribution in [2.24, 2.45) is 0 Å². The third kappa shape index (κ3) is 1.72. The lowest BCUT2D eigenvalue weighted by Gasteiger charge is -2.13. The second kappa shape index (κ2) is 3.97. The number of rotatable bonds is 1. The third-order valence-electron chi connectivity index (χ3n) is 2.44. The second-order valence-electron chi connectivity index (χ2n) is 3.32. The van der Waals surface area contributed by atoms with E-state index in [2.05, 4.69) is 0 Å². The highest BCUT2D eigenvalue weighted by molar-refractivity contribution is 5.43. The van der Waals surface area contributed by atoms with Crippen molar-refractivity contribution in [3.8, 4) is 6.07 Å². The fraction of sp³-hybridized carbons (Fsp3) is 0.364. The van der Waals surface area contributed by atoms with E-state index in [9.17, 15) is 4.39 Å². The van der Waals surface area contributed by atoms with Gasteiger partial charge in [-0.2, -0.15) is 5.26 Å². The predicted molar refractivity (Wildman–Crippen MR) is 50.5 cm³/mol. The standard InChI is InChI=1S/C11H10FNO2/c1-7-8(11-14-4-5-15-11)2-3-10(12)9(7)6-13/h2-3,11H,4-5H2,1H3. The first kappa shape index (κ1) is 10.1. The maximum Gasteiger partial charge on any atom is 0.184 e. The summed E-state index contributed by atoms with van der Waals surface area (Å²) in [5, 5.41) is 8.79. The zero-order chi connectivity index (χ0) is 10.8. The number of nitrogens with zero attached hydrogens (tertiary/aromatic N) is 1. The summed E-state index contributed by atoms with van der Waals surface area (Å²) in [4.78, 5) is 0. The van der Waals surface area contributed by atoms with Gasteiger partial charge in [-0.05, 0) is 18.6 Å². The average Bonchev–Trinajstić information content (AvgIpc) is 2.71.